The quantitative estimate of drug-likeness (QED) is 0.602. The van der Waals surface area contributed by atoms with Gasteiger partial charge in [-0.15, -0.1) is 12.3 Å². The summed E-state index contributed by atoms with van der Waals surface area (Å²) >= 11 is 0. The molecule has 1 aromatic rings. The molecule has 0 radical (unpaired) electrons. The number of aromatic nitrogens is 1. The molecule has 0 aliphatic carbocycles. The number of pyridine rings is 1. The summed E-state index contributed by atoms with van der Waals surface area (Å²) in [5.41, 5.74) is 2.94. The lowest BCUT2D eigenvalue weighted by Gasteiger charge is -2.12. The molecule has 0 spiro atoms. The maximum atomic E-state index is 9.89. The van der Waals surface area contributed by atoms with E-state index in [0.717, 1.165) is 23.2 Å². The minimum absolute atomic E-state index is 0.487. The molecule has 1 rings (SSSR count). The van der Waals surface area contributed by atoms with Crippen molar-refractivity contribution in [1.29, 1.82) is 0 Å². The Morgan fingerprint density at radius 3 is 2.87 bits per heavy atom. The average molecular weight is 203 g/mol. The Hall–Kier alpha value is -1.33. The highest BCUT2D eigenvalue weighted by Gasteiger charge is 2.11. The van der Waals surface area contributed by atoms with Gasteiger partial charge in [0.1, 0.15) is 0 Å². The molecule has 0 bridgehead atoms. The number of hydrogen-bond acceptors (Lipinski definition) is 2. The molecule has 0 amide bonds. The fraction of sp³-hybridized carbons (Fsp3) is 0.462. The first-order chi connectivity index (χ1) is 7.15. The smallest absolute Gasteiger partial charge is 0.0962 e. The van der Waals surface area contributed by atoms with Crippen molar-refractivity contribution >= 4 is 0 Å². The highest BCUT2D eigenvalue weighted by molar-refractivity contribution is 5.24. The van der Waals surface area contributed by atoms with Crippen molar-refractivity contribution in [3.05, 3.63) is 29.1 Å². The van der Waals surface area contributed by atoms with Crippen LogP contribution in [-0.4, -0.2) is 10.1 Å². The number of hydrogen-bond donors (Lipinski definition) is 1. The van der Waals surface area contributed by atoms with Crippen molar-refractivity contribution in [2.24, 2.45) is 0 Å². The van der Waals surface area contributed by atoms with Crippen LogP contribution in [0.1, 0.15) is 42.2 Å². The van der Waals surface area contributed by atoms with Gasteiger partial charge >= 0.3 is 0 Å². The molecule has 0 aliphatic rings. The van der Waals surface area contributed by atoms with E-state index in [-0.39, 0.29) is 0 Å². The van der Waals surface area contributed by atoms with Gasteiger partial charge in [0.25, 0.3) is 0 Å². The zero-order chi connectivity index (χ0) is 11.3. The van der Waals surface area contributed by atoms with E-state index >= 15 is 0 Å². The molecular formula is C13H17NO. The first-order valence-electron chi connectivity index (χ1n) is 5.20. The van der Waals surface area contributed by atoms with Gasteiger partial charge in [-0.2, -0.15) is 0 Å². The molecule has 1 atom stereocenters. The van der Waals surface area contributed by atoms with Crippen LogP contribution >= 0.6 is 0 Å². The van der Waals surface area contributed by atoms with E-state index in [0.29, 0.717) is 12.8 Å². The van der Waals surface area contributed by atoms with Crippen LogP contribution in [0.15, 0.2) is 12.3 Å². The van der Waals surface area contributed by atoms with E-state index in [2.05, 4.69) is 10.9 Å². The second-order valence-electron chi connectivity index (χ2n) is 3.83. The number of unbranched alkanes of at least 4 members (excludes halogenated alkanes) is 1. The molecule has 2 nitrogen and oxygen atoms in total. The minimum Gasteiger partial charge on any atom is -0.387 e. The fourth-order valence-corrected chi connectivity index (χ4v) is 1.61. The lowest BCUT2D eigenvalue weighted by molar-refractivity contribution is 0.159. The third-order valence-corrected chi connectivity index (χ3v) is 2.37. The van der Waals surface area contributed by atoms with Crippen LogP contribution in [-0.2, 0) is 0 Å². The van der Waals surface area contributed by atoms with E-state index < -0.39 is 6.10 Å². The number of aryl methyl sites for hydroxylation is 2. The van der Waals surface area contributed by atoms with Crippen LogP contribution < -0.4 is 0 Å². The number of aliphatic hydroxyl groups is 1. The predicted molar refractivity (Wildman–Crippen MR) is 61.4 cm³/mol. The molecule has 0 fully saturated rings. The van der Waals surface area contributed by atoms with Crippen LogP contribution in [0.2, 0.25) is 0 Å². The Kier molecular flexibility index (Phi) is 4.33. The zero-order valence-corrected chi connectivity index (χ0v) is 9.33. The maximum Gasteiger partial charge on any atom is 0.0962 e. The van der Waals surface area contributed by atoms with Gasteiger partial charge < -0.3 is 5.11 Å². The second kappa shape index (κ2) is 5.53. The number of terminal acetylenes is 1. The fourth-order valence-electron chi connectivity index (χ4n) is 1.61. The largest absolute Gasteiger partial charge is 0.387 e. The summed E-state index contributed by atoms with van der Waals surface area (Å²) in [5.74, 6) is 2.57. The van der Waals surface area contributed by atoms with Crippen LogP contribution in [0.3, 0.4) is 0 Å². The molecule has 80 valence electrons. The van der Waals surface area contributed by atoms with Gasteiger partial charge in [0.05, 0.1) is 11.8 Å². The Balaban J connectivity index is 2.66. The summed E-state index contributed by atoms with van der Waals surface area (Å²) in [6, 6.07) is 2.03. The molecular weight excluding hydrogens is 186 g/mol. The zero-order valence-electron chi connectivity index (χ0n) is 9.33. The Morgan fingerprint density at radius 2 is 2.27 bits per heavy atom. The van der Waals surface area contributed by atoms with E-state index in [9.17, 15) is 5.11 Å². The Morgan fingerprint density at radius 1 is 1.53 bits per heavy atom. The highest BCUT2D eigenvalue weighted by atomic mass is 16.3. The van der Waals surface area contributed by atoms with Crippen LogP contribution in [0.5, 0.6) is 0 Å². The van der Waals surface area contributed by atoms with E-state index in [1.165, 1.54) is 0 Å². The minimum atomic E-state index is -0.487. The van der Waals surface area contributed by atoms with Crippen LogP contribution in [0.4, 0.5) is 0 Å². The number of rotatable bonds is 4. The SMILES string of the molecule is C#CCCCC(O)c1ncc(C)cc1C. The lowest BCUT2D eigenvalue weighted by atomic mass is 10.0. The first kappa shape index (κ1) is 11.7. The standard InChI is InChI=1S/C13H17NO/c1-4-5-6-7-12(15)13-11(3)8-10(2)9-14-13/h1,8-9,12,15H,5-7H2,2-3H3. The topological polar surface area (TPSA) is 33.1 Å². The van der Waals surface area contributed by atoms with E-state index in [1.807, 2.05) is 19.9 Å². The predicted octanol–water partition coefficient (Wildman–Crippen LogP) is 2.54. The van der Waals surface area contributed by atoms with Gasteiger partial charge in [-0.05, 0) is 37.8 Å². The van der Waals surface area contributed by atoms with Gasteiger partial charge in [-0.1, -0.05) is 6.07 Å². The van der Waals surface area contributed by atoms with Gasteiger partial charge in [-0.3, -0.25) is 4.98 Å². The third-order valence-electron chi connectivity index (χ3n) is 2.37. The van der Waals surface area contributed by atoms with Crippen molar-refractivity contribution in [1.82, 2.24) is 4.98 Å². The summed E-state index contributed by atoms with van der Waals surface area (Å²) in [4.78, 5) is 4.25. The molecule has 0 saturated heterocycles. The molecule has 2 heteroatoms. The lowest BCUT2D eigenvalue weighted by Crippen LogP contribution is -2.03. The van der Waals surface area contributed by atoms with Crippen molar-refractivity contribution in [2.75, 3.05) is 0 Å². The Bertz CT molecular complexity index is 365. The third kappa shape index (κ3) is 3.38. The average Bonchev–Trinajstić information content (AvgIpc) is 2.17. The molecule has 0 aliphatic heterocycles. The molecule has 0 aromatic carbocycles. The summed E-state index contributed by atoms with van der Waals surface area (Å²) < 4.78 is 0. The van der Waals surface area contributed by atoms with E-state index in [1.54, 1.807) is 6.20 Å². The van der Waals surface area contributed by atoms with Crippen molar-refractivity contribution in [3.63, 3.8) is 0 Å². The first-order valence-corrected chi connectivity index (χ1v) is 5.20. The van der Waals surface area contributed by atoms with Gasteiger partial charge in [-0.25, -0.2) is 0 Å². The van der Waals surface area contributed by atoms with Crippen molar-refractivity contribution in [3.8, 4) is 12.3 Å². The molecule has 1 heterocycles. The number of nitrogens with zero attached hydrogens (tertiary/aromatic N) is 1. The summed E-state index contributed by atoms with van der Waals surface area (Å²) in [6.07, 6.45) is 8.69. The maximum absolute atomic E-state index is 9.89. The molecule has 1 N–H and O–H groups in total. The number of aliphatic hydroxyl groups excluding tert-OH is 1. The normalized spacial score (nSPS) is 12.1. The van der Waals surface area contributed by atoms with Gasteiger partial charge in [0, 0.05) is 12.6 Å². The van der Waals surface area contributed by atoms with Gasteiger partial charge in [0.2, 0.25) is 0 Å². The molecule has 0 saturated carbocycles. The monoisotopic (exact) mass is 203 g/mol. The summed E-state index contributed by atoms with van der Waals surface area (Å²) in [6.45, 7) is 3.97. The molecule has 1 aromatic heterocycles. The van der Waals surface area contributed by atoms with Crippen LogP contribution in [0, 0.1) is 26.2 Å². The van der Waals surface area contributed by atoms with Crippen molar-refractivity contribution < 1.29 is 5.11 Å². The van der Waals surface area contributed by atoms with Gasteiger partial charge in [0.15, 0.2) is 0 Å². The molecule has 15 heavy (non-hydrogen) atoms. The van der Waals surface area contributed by atoms with E-state index in [4.69, 9.17) is 6.42 Å². The van der Waals surface area contributed by atoms with Crippen molar-refractivity contribution in [2.45, 2.75) is 39.2 Å². The summed E-state index contributed by atoms with van der Waals surface area (Å²) in [7, 11) is 0. The highest BCUT2D eigenvalue weighted by Crippen LogP contribution is 2.20. The summed E-state index contributed by atoms with van der Waals surface area (Å²) in [5, 5.41) is 9.89. The molecule has 1 unspecified atom stereocenters. The second-order valence-corrected chi connectivity index (χ2v) is 3.83. The Labute approximate surface area is 91.4 Å². The van der Waals surface area contributed by atoms with Crippen LogP contribution in [0.25, 0.3) is 0 Å².